The highest BCUT2D eigenvalue weighted by Crippen LogP contribution is 2.21. The van der Waals surface area contributed by atoms with Crippen molar-refractivity contribution in [2.24, 2.45) is 5.10 Å². The Hall–Kier alpha value is -2.29. The van der Waals surface area contributed by atoms with Crippen LogP contribution >= 0.6 is 15.9 Å². The highest BCUT2D eigenvalue weighted by molar-refractivity contribution is 9.12. The largest absolute Gasteiger partial charge is 0.271 e. The zero-order chi connectivity index (χ0) is 20.7. The third-order valence-electron chi connectivity index (χ3n) is 4.51. The van der Waals surface area contributed by atoms with E-state index in [1.54, 1.807) is 12.1 Å². The average Bonchev–Trinajstić information content (AvgIpc) is 2.75. The van der Waals surface area contributed by atoms with Gasteiger partial charge in [-0.05, 0) is 58.6 Å². The van der Waals surface area contributed by atoms with E-state index in [2.05, 4.69) is 26.5 Å². The van der Waals surface area contributed by atoms with Crippen LogP contribution in [0.15, 0.2) is 69.1 Å². The number of allylic oxidation sites excluding steroid dienone is 1. The van der Waals surface area contributed by atoms with E-state index in [1.165, 1.54) is 22.7 Å². The van der Waals surface area contributed by atoms with Gasteiger partial charge >= 0.3 is 0 Å². The number of hydrazone groups is 1. The number of halogens is 1. The topological polar surface area (TPSA) is 78.8 Å². The molecule has 8 heteroatoms. The number of carbonyl (C=O) groups is 1. The van der Waals surface area contributed by atoms with Crippen LogP contribution in [0.1, 0.15) is 35.2 Å². The second-order valence-electron chi connectivity index (χ2n) is 6.63. The lowest BCUT2D eigenvalue weighted by Crippen LogP contribution is -2.35. The SMILES string of the molecule is O=C(N/N=C/C(Br)=C/c1ccccc1)c1cccc(S(=O)(=O)N2CCCCC2)c1. The molecule has 1 heterocycles. The Bertz CT molecular complexity index is 1010. The first kappa shape index (κ1) is 21.4. The van der Waals surface area contributed by atoms with Crippen LogP contribution in [0, 0.1) is 0 Å². The fourth-order valence-electron chi connectivity index (χ4n) is 3.01. The first-order chi connectivity index (χ1) is 14.0. The maximum atomic E-state index is 12.8. The molecule has 0 atom stereocenters. The monoisotopic (exact) mass is 475 g/mol. The standard InChI is InChI=1S/C21H22BrN3O3S/c22-19(14-17-8-3-1-4-9-17)16-23-24-21(26)18-10-7-11-20(15-18)29(27,28)25-12-5-2-6-13-25/h1,3-4,7-11,14-16H,2,5-6,12-13H2,(H,24,26)/b19-14-,23-16+. The third kappa shape index (κ3) is 5.85. The summed E-state index contributed by atoms with van der Waals surface area (Å²) in [4.78, 5) is 12.5. The molecule has 0 aromatic heterocycles. The molecule has 152 valence electrons. The Morgan fingerprint density at radius 2 is 1.76 bits per heavy atom. The molecular weight excluding hydrogens is 454 g/mol. The molecule has 1 aliphatic rings. The molecule has 2 aromatic carbocycles. The number of rotatable bonds is 6. The zero-order valence-electron chi connectivity index (χ0n) is 15.8. The minimum Gasteiger partial charge on any atom is -0.267 e. The number of benzene rings is 2. The summed E-state index contributed by atoms with van der Waals surface area (Å²) in [6, 6.07) is 15.7. The molecule has 29 heavy (non-hydrogen) atoms. The number of hydrogen-bond donors (Lipinski definition) is 1. The summed E-state index contributed by atoms with van der Waals surface area (Å²) in [6.45, 7) is 1.04. The highest BCUT2D eigenvalue weighted by Gasteiger charge is 2.26. The van der Waals surface area contributed by atoms with Gasteiger partial charge in [0.1, 0.15) is 0 Å². The van der Waals surface area contributed by atoms with Crippen LogP contribution in [-0.2, 0) is 10.0 Å². The van der Waals surface area contributed by atoms with Crippen molar-refractivity contribution in [3.63, 3.8) is 0 Å². The smallest absolute Gasteiger partial charge is 0.267 e. The molecule has 0 saturated carbocycles. The van der Waals surface area contributed by atoms with Crippen molar-refractivity contribution in [1.29, 1.82) is 0 Å². The maximum absolute atomic E-state index is 12.8. The molecular formula is C21H22BrN3O3S. The van der Waals surface area contributed by atoms with Gasteiger partial charge in [0.15, 0.2) is 0 Å². The number of carbonyl (C=O) groups excluding carboxylic acids is 1. The van der Waals surface area contributed by atoms with E-state index in [1.807, 2.05) is 36.4 Å². The molecule has 0 aliphatic carbocycles. The molecule has 1 N–H and O–H groups in total. The number of sulfonamides is 1. The molecule has 3 rings (SSSR count). The van der Waals surface area contributed by atoms with Crippen LogP contribution in [0.2, 0.25) is 0 Å². The Kier molecular flexibility index (Phi) is 7.35. The Balaban J connectivity index is 1.67. The van der Waals surface area contributed by atoms with E-state index in [-0.39, 0.29) is 10.5 Å². The van der Waals surface area contributed by atoms with Gasteiger partial charge in [-0.2, -0.15) is 9.41 Å². The Morgan fingerprint density at radius 1 is 1.03 bits per heavy atom. The number of piperidine rings is 1. The van der Waals surface area contributed by atoms with Gasteiger partial charge in [0.25, 0.3) is 5.91 Å². The van der Waals surface area contributed by atoms with Crippen LogP contribution in [0.5, 0.6) is 0 Å². The first-order valence-electron chi connectivity index (χ1n) is 9.33. The minimum atomic E-state index is -3.59. The summed E-state index contributed by atoms with van der Waals surface area (Å²) in [5.74, 6) is -0.475. The quantitative estimate of drug-likeness (QED) is 0.506. The summed E-state index contributed by atoms with van der Waals surface area (Å²) in [5, 5.41) is 3.93. The van der Waals surface area contributed by atoms with Crippen molar-refractivity contribution in [3.05, 3.63) is 70.2 Å². The minimum absolute atomic E-state index is 0.126. The summed E-state index contributed by atoms with van der Waals surface area (Å²) in [6.07, 6.45) is 6.10. The van der Waals surface area contributed by atoms with Crippen molar-refractivity contribution in [2.75, 3.05) is 13.1 Å². The molecule has 0 radical (unpaired) electrons. The van der Waals surface area contributed by atoms with Crippen LogP contribution in [-0.4, -0.2) is 37.9 Å². The van der Waals surface area contributed by atoms with Crippen molar-refractivity contribution >= 4 is 44.2 Å². The van der Waals surface area contributed by atoms with E-state index >= 15 is 0 Å². The number of nitrogens with one attached hydrogen (secondary N) is 1. The predicted octanol–water partition coefficient (Wildman–Crippen LogP) is 4.01. The maximum Gasteiger partial charge on any atom is 0.271 e. The number of amides is 1. The summed E-state index contributed by atoms with van der Waals surface area (Å²) >= 11 is 3.38. The molecule has 0 spiro atoms. The van der Waals surface area contributed by atoms with Crippen molar-refractivity contribution in [1.82, 2.24) is 9.73 Å². The van der Waals surface area contributed by atoms with Crippen LogP contribution in [0.4, 0.5) is 0 Å². The van der Waals surface area contributed by atoms with Gasteiger partial charge < -0.3 is 0 Å². The summed E-state index contributed by atoms with van der Waals surface area (Å²) in [5.41, 5.74) is 3.66. The molecule has 1 aliphatic heterocycles. The van der Waals surface area contributed by atoms with E-state index in [0.717, 1.165) is 24.8 Å². The fourth-order valence-corrected chi connectivity index (χ4v) is 4.95. The lowest BCUT2D eigenvalue weighted by atomic mass is 10.2. The van der Waals surface area contributed by atoms with E-state index in [9.17, 15) is 13.2 Å². The second-order valence-corrected chi connectivity index (χ2v) is 9.49. The van der Waals surface area contributed by atoms with Crippen molar-refractivity contribution in [3.8, 4) is 0 Å². The lowest BCUT2D eigenvalue weighted by Gasteiger charge is -2.25. The molecule has 6 nitrogen and oxygen atoms in total. The average molecular weight is 476 g/mol. The van der Waals surface area contributed by atoms with Crippen LogP contribution in [0.25, 0.3) is 6.08 Å². The molecule has 1 amide bonds. The molecule has 0 unspecified atom stereocenters. The Labute approximate surface area is 179 Å². The van der Waals surface area contributed by atoms with E-state index in [0.29, 0.717) is 17.6 Å². The lowest BCUT2D eigenvalue weighted by molar-refractivity contribution is 0.0955. The van der Waals surface area contributed by atoms with Crippen molar-refractivity contribution < 1.29 is 13.2 Å². The molecule has 1 saturated heterocycles. The summed E-state index contributed by atoms with van der Waals surface area (Å²) < 4.78 is 27.7. The van der Waals surface area contributed by atoms with Crippen LogP contribution < -0.4 is 5.43 Å². The van der Waals surface area contributed by atoms with Gasteiger partial charge in [0, 0.05) is 23.1 Å². The zero-order valence-corrected chi connectivity index (χ0v) is 18.2. The molecule has 0 bridgehead atoms. The fraction of sp³-hybridized carbons (Fsp3) is 0.238. The Morgan fingerprint density at radius 3 is 2.48 bits per heavy atom. The second kappa shape index (κ2) is 9.96. The number of nitrogens with zero attached hydrogens (tertiary/aromatic N) is 2. The van der Waals surface area contributed by atoms with Gasteiger partial charge in [0.05, 0.1) is 11.1 Å². The molecule has 2 aromatic rings. The van der Waals surface area contributed by atoms with Gasteiger partial charge in [-0.1, -0.05) is 42.8 Å². The normalized spacial score (nSPS) is 16.1. The van der Waals surface area contributed by atoms with E-state index in [4.69, 9.17) is 0 Å². The molecule has 1 fully saturated rings. The number of hydrogen-bond acceptors (Lipinski definition) is 4. The van der Waals surface area contributed by atoms with Gasteiger partial charge in [0.2, 0.25) is 10.0 Å². The van der Waals surface area contributed by atoms with Gasteiger partial charge in [-0.25, -0.2) is 13.8 Å². The summed E-state index contributed by atoms with van der Waals surface area (Å²) in [7, 11) is -3.59. The van der Waals surface area contributed by atoms with Crippen molar-refractivity contribution in [2.45, 2.75) is 24.2 Å². The highest BCUT2D eigenvalue weighted by atomic mass is 79.9. The van der Waals surface area contributed by atoms with Gasteiger partial charge in [-0.15, -0.1) is 0 Å². The van der Waals surface area contributed by atoms with E-state index < -0.39 is 15.9 Å². The van der Waals surface area contributed by atoms with Gasteiger partial charge in [-0.3, -0.25) is 4.79 Å². The predicted molar refractivity (Wildman–Crippen MR) is 118 cm³/mol. The third-order valence-corrected chi connectivity index (χ3v) is 6.84. The first-order valence-corrected chi connectivity index (χ1v) is 11.6. The van der Waals surface area contributed by atoms with Crippen LogP contribution in [0.3, 0.4) is 0 Å².